The van der Waals surface area contributed by atoms with Crippen LogP contribution in [0.1, 0.15) is 20.3 Å². The van der Waals surface area contributed by atoms with Gasteiger partial charge >= 0.3 is 11.9 Å². The highest BCUT2D eigenvalue weighted by atomic mass is 16.6. The summed E-state index contributed by atoms with van der Waals surface area (Å²) in [4.78, 5) is 21.4. The predicted molar refractivity (Wildman–Crippen MR) is 54.0 cm³/mol. The maximum absolute atomic E-state index is 10.8. The third-order valence-corrected chi connectivity index (χ3v) is 2.15. The van der Waals surface area contributed by atoms with Crippen molar-refractivity contribution in [1.29, 1.82) is 0 Å². The minimum atomic E-state index is -0.361. The molecule has 15 heavy (non-hydrogen) atoms. The monoisotopic (exact) mass is 214 g/mol. The third kappa shape index (κ3) is 3.91. The zero-order valence-corrected chi connectivity index (χ0v) is 9.19. The van der Waals surface area contributed by atoms with E-state index in [4.69, 9.17) is 14.2 Å². The molecular formula is C9H15BO5. The number of carbonyl (C=O) groups is 2. The SMILES string of the molecule is B[C@H]1CC(OC(C)=O)[C@@H](COC(C)=O)O1. The highest BCUT2D eigenvalue weighted by Crippen LogP contribution is 2.22. The third-order valence-electron chi connectivity index (χ3n) is 2.15. The molecule has 1 rings (SSSR count). The van der Waals surface area contributed by atoms with Gasteiger partial charge in [0.15, 0.2) is 0 Å². The van der Waals surface area contributed by atoms with Gasteiger partial charge in [0.25, 0.3) is 0 Å². The van der Waals surface area contributed by atoms with Crippen LogP contribution in [0.4, 0.5) is 0 Å². The molecule has 0 spiro atoms. The molecule has 0 amide bonds. The Labute approximate surface area is 89.5 Å². The van der Waals surface area contributed by atoms with E-state index in [2.05, 4.69) is 0 Å². The second kappa shape index (κ2) is 5.16. The molecule has 0 aromatic rings. The molecule has 1 heterocycles. The fourth-order valence-corrected chi connectivity index (χ4v) is 1.60. The van der Waals surface area contributed by atoms with Crippen molar-refractivity contribution in [3.63, 3.8) is 0 Å². The molecule has 1 fully saturated rings. The Morgan fingerprint density at radius 1 is 1.40 bits per heavy atom. The molecular weight excluding hydrogens is 199 g/mol. The Hall–Kier alpha value is -1.04. The summed E-state index contributed by atoms with van der Waals surface area (Å²) in [5.41, 5.74) is 0. The lowest BCUT2D eigenvalue weighted by Crippen LogP contribution is -2.31. The van der Waals surface area contributed by atoms with Crippen LogP contribution in [0, 0.1) is 0 Å². The Balaban J connectivity index is 2.45. The van der Waals surface area contributed by atoms with E-state index in [1.165, 1.54) is 13.8 Å². The number of esters is 2. The van der Waals surface area contributed by atoms with Crippen LogP contribution in [0.3, 0.4) is 0 Å². The van der Waals surface area contributed by atoms with Crippen molar-refractivity contribution in [3.05, 3.63) is 0 Å². The molecule has 84 valence electrons. The fraction of sp³-hybridized carbons (Fsp3) is 0.778. The van der Waals surface area contributed by atoms with Crippen molar-refractivity contribution in [2.24, 2.45) is 0 Å². The number of carbonyl (C=O) groups excluding carboxylic acids is 2. The highest BCUT2D eigenvalue weighted by molar-refractivity contribution is 6.11. The molecule has 1 aliphatic rings. The van der Waals surface area contributed by atoms with Crippen LogP contribution in [0.5, 0.6) is 0 Å². The Bertz CT molecular complexity index is 255. The lowest BCUT2D eigenvalue weighted by atomic mass is 9.96. The summed E-state index contributed by atoms with van der Waals surface area (Å²) >= 11 is 0. The summed E-state index contributed by atoms with van der Waals surface area (Å²) in [5, 5.41) is 0. The first kappa shape index (κ1) is 12.0. The molecule has 1 aliphatic heterocycles. The second-order valence-electron chi connectivity index (χ2n) is 3.67. The van der Waals surface area contributed by atoms with Crippen LogP contribution >= 0.6 is 0 Å². The fourth-order valence-electron chi connectivity index (χ4n) is 1.60. The van der Waals surface area contributed by atoms with E-state index >= 15 is 0 Å². The molecule has 1 saturated heterocycles. The van der Waals surface area contributed by atoms with Crippen LogP contribution in [0.2, 0.25) is 0 Å². The van der Waals surface area contributed by atoms with Crippen LogP contribution in [0.15, 0.2) is 0 Å². The first-order chi connectivity index (χ1) is 6.99. The van der Waals surface area contributed by atoms with Crippen molar-refractivity contribution in [1.82, 2.24) is 0 Å². The molecule has 3 atom stereocenters. The van der Waals surface area contributed by atoms with Crippen molar-refractivity contribution >= 4 is 19.8 Å². The highest BCUT2D eigenvalue weighted by Gasteiger charge is 2.35. The average Bonchev–Trinajstić information content (AvgIpc) is 2.41. The lowest BCUT2D eigenvalue weighted by molar-refractivity contribution is -0.154. The minimum Gasteiger partial charge on any atom is -0.463 e. The first-order valence-corrected chi connectivity index (χ1v) is 4.95. The van der Waals surface area contributed by atoms with Crippen molar-refractivity contribution < 1.29 is 23.8 Å². The Morgan fingerprint density at radius 2 is 2.07 bits per heavy atom. The van der Waals surface area contributed by atoms with E-state index in [0.717, 1.165) is 0 Å². The maximum atomic E-state index is 10.8. The largest absolute Gasteiger partial charge is 0.463 e. The summed E-state index contributed by atoms with van der Waals surface area (Å²) < 4.78 is 15.4. The maximum Gasteiger partial charge on any atom is 0.302 e. The molecule has 0 aromatic heterocycles. The van der Waals surface area contributed by atoms with Gasteiger partial charge in [-0.15, -0.1) is 0 Å². The number of ether oxygens (including phenoxy) is 3. The Morgan fingerprint density at radius 3 is 2.60 bits per heavy atom. The quantitative estimate of drug-likeness (QED) is 0.456. The summed E-state index contributed by atoms with van der Waals surface area (Å²) in [6, 6.07) is 0.0231. The van der Waals surface area contributed by atoms with Crippen LogP contribution in [-0.4, -0.2) is 44.6 Å². The van der Waals surface area contributed by atoms with E-state index in [0.29, 0.717) is 6.42 Å². The predicted octanol–water partition coefficient (Wildman–Crippen LogP) is -0.771. The molecule has 0 aromatic carbocycles. The normalized spacial score (nSPS) is 29.9. The molecule has 6 heteroatoms. The smallest absolute Gasteiger partial charge is 0.302 e. The molecule has 0 saturated carbocycles. The van der Waals surface area contributed by atoms with Gasteiger partial charge in [-0.2, -0.15) is 0 Å². The zero-order valence-electron chi connectivity index (χ0n) is 9.19. The molecule has 0 bridgehead atoms. The van der Waals surface area contributed by atoms with E-state index in [1.807, 2.05) is 7.85 Å². The zero-order chi connectivity index (χ0) is 11.4. The first-order valence-electron chi connectivity index (χ1n) is 4.95. The van der Waals surface area contributed by atoms with Gasteiger partial charge in [0, 0.05) is 26.3 Å². The van der Waals surface area contributed by atoms with Crippen molar-refractivity contribution in [2.75, 3.05) is 6.61 Å². The van der Waals surface area contributed by atoms with Crippen molar-refractivity contribution in [2.45, 2.75) is 38.5 Å². The second-order valence-corrected chi connectivity index (χ2v) is 3.67. The van der Waals surface area contributed by atoms with E-state index in [1.54, 1.807) is 0 Å². The number of rotatable bonds is 3. The minimum absolute atomic E-state index is 0.0231. The van der Waals surface area contributed by atoms with Gasteiger partial charge in [0.2, 0.25) is 0 Å². The Kier molecular flexibility index (Phi) is 4.14. The van der Waals surface area contributed by atoms with E-state index in [9.17, 15) is 9.59 Å². The standard InChI is InChI=1S/C9H15BO5/c1-5(11)13-4-8-7(14-6(2)12)3-9(10)15-8/h7-9H,3-4,10H2,1-2H3/t7?,8-,9-/m1/s1. The van der Waals surface area contributed by atoms with Crippen LogP contribution < -0.4 is 0 Å². The average molecular weight is 214 g/mol. The van der Waals surface area contributed by atoms with Gasteiger partial charge in [0.05, 0.1) is 0 Å². The van der Waals surface area contributed by atoms with Gasteiger partial charge < -0.3 is 14.2 Å². The van der Waals surface area contributed by atoms with Gasteiger partial charge in [-0.25, -0.2) is 0 Å². The molecule has 0 aliphatic carbocycles. The van der Waals surface area contributed by atoms with Gasteiger partial charge in [-0.05, 0) is 0 Å². The summed E-state index contributed by atoms with van der Waals surface area (Å²) in [6.45, 7) is 2.82. The van der Waals surface area contributed by atoms with Gasteiger partial charge in [0.1, 0.15) is 26.7 Å². The molecule has 0 N–H and O–H groups in total. The molecule has 1 unspecified atom stereocenters. The lowest BCUT2D eigenvalue weighted by Gasteiger charge is -2.17. The van der Waals surface area contributed by atoms with Gasteiger partial charge in [-0.3, -0.25) is 9.59 Å². The van der Waals surface area contributed by atoms with Crippen molar-refractivity contribution in [3.8, 4) is 0 Å². The van der Waals surface area contributed by atoms with Crippen LogP contribution in [0.25, 0.3) is 0 Å². The van der Waals surface area contributed by atoms with Crippen LogP contribution in [-0.2, 0) is 23.8 Å². The summed E-state index contributed by atoms with van der Waals surface area (Å²) in [5.74, 6) is -0.703. The number of hydrogen-bond donors (Lipinski definition) is 0. The summed E-state index contributed by atoms with van der Waals surface area (Å²) in [7, 11) is 1.89. The molecule has 5 nitrogen and oxygen atoms in total. The summed E-state index contributed by atoms with van der Waals surface area (Å²) in [6.07, 6.45) is -0.00412. The van der Waals surface area contributed by atoms with Gasteiger partial charge in [-0.1, -0.05) is 0 Å². The van der Waals surface area contributed by atoms with E-state index < -0.39 is 0 Å². The topological polar surface area (TPSA) is 61.8 Å². The number of hydrogen-bond acceptors (Lipinski definition) is 5. The molecule has 0 radical (unpaired) electrons. The van der Waals surface area contributed by atoms with E-state index in [-0.39, 0.29) is 36.8 Å².